The van der Waals surface area contributed by atoms with Crippen LogP contribution in [0.1, 0.15) is 106 Å². The Labute approximate surface area is 217 Å². The third-order valence-corrected chi connectivity index (χ3v) is 9.60. The molecule has 2 saturated carbocycles. The summed E-state index contributed by atoms with van der Waals surface area (Å²) in [6.45, 7) is 2.25. The van der Waals surface area contributed by atoms with Gasteiger partial charge in [-0.05, 0) is 128 Å². The molecule has 0 spiro atoms. The van der Waals surface area contributed by atoms with Gasteiger partial charge in [-0.15, -0.1) is 0 Å². The molecule has 0 heterocycles. The first-order valence-corrected chi connectivity index (χ1v) is 14.0. The number of hydrogen-bond donors (Lipinski definition) is 0. The maximum Gasteiger partial charge on any atom is 0.145 e. The molecule has 0 nitrogen and oxygen atoms in total. The van der Waals surface area contributed by atoms with Crippen LogP contribution in [0.2, 0.25) is 5.02 Å². The Morgan fingerprint density at radius 2 is 1.14 bits per heavy atom. The van der Waals surface area contributed by atoms with Crippen LogP contribution in [-0.4, -0.2) is 0 Å². The van der Waals surface area contributed by atoms with Gasteiger partial charge in [0.15, 0.2) is 0 Å². The number of hydrogen-bond acceptors (Lipinski definition) is 0. The van der Waals surface area contributed by atoms with Crippen molar-refractivity contribution in [3.8, 4) is 0 Å². The summed E-state index contributed by atoms with van der Waals surface area (Å²) in [4.78, 5) is 0. The van der Waals surface area contributed by atoms with Gasteiger partial charge >= 0.3 is 0 Å². The van der Waals surface area contributed by atoms with Gasteiger partial charge in [-0.3, -0.25) is 0 Å². The topological polar surface area (TPSA) is 0 Å². The summed E-state index contributed by atoms with van der Waals surface area (Å²) in [5.41, 5.74) is 2.46. The molecule has 0 saturated heterocycles. The molecule has 36 heavy (non-hydrogen) atoms. The van der Waals surface area contributed by atoms with E-state index in [-0.39, 0.29) is 17.4 Å². The fourth-order valence-corrected chi connectivity index (χ4v) is 7.08. The predicted molar refractivity (Wildman–Crippen MR) is 138 cm³/mol. The molecule has 0 radical (unpaired) electrons. The monoisotopic (exact) mass is 518 g/mol. The van der Waals surface area contributed by atoms with E-state index in [0.717, 1.165) is 75.3 Å². The van der Waals surface area contributed by atoms with Crippen LogP contribution in [0, 0.1) is 41.0 Å². The van der Waals surface area contributed by atoms with Crippen LogP contribution < -0.4 is 0 Å². The Morgan fingerprint density at radius 1 is 0.639 bits per heavy atom. The van der Waals surface area contributed by atoms with Gasteiger partial charge in [-0.25, -0.2) is 17.6 Å². The lowest BCUT2D eigenvalue weighted by Gasteiger charge is -2.36. The molecule has 2 aromatic carbocycles. The third-order valence-electron chi connectivity index (χ3n) is 9.24. The van der Waals surface area contributed by atoms with Crippen molar-refractivity contribution < 1.29 is 17.6 Å². The number of halogens is 5. The molecule has 3 aliphatic carbocycles. The number of allylic oxidation sites excluding steroid dienone is 2. The van der Waals surface area contributed by atoms with Gasteiger partial charge < -0.3 is 0 Å². The highest BCUT2D eigenvalue weighted by Gasteiger charge is 2.31. The van der Waals surface area contributed by atoms with E-state index in [1.54, 1.807) is 12.1 Å². The molecular formula is C31H35ClF4. The second-order valence-electron chi connectivity index (χ2n) is 11.5. The van der Waals surface area contributed by atoms with Crippen molar-refractivity contribution in [1.29, 1.82) is 0 Å². The molecule has 194 valence electrons. The van der Waals surface area contributed by atoms with Gasteiger partial charge in [0, 0.05) is 5.56 Å². The highest BCUT2D eigenvalue weighted by molar-refractivity contribution is 6.30. The maximum atomic E-state index is 15.1. The number of rotatable bonds is 4. The average molecular weight is 519 g/mol. The zero-order valence-corrected chi connectivity index (χ0v) is 21.7. The van der Waals surface area contributed by atoms with E-state index in [0.29, 0.717) is 29.7 Å². The molecule has 5 rings (SSSR count). The smallest absolute Gasteiger partial charge is 0.145 e. The largest absolute Gasteiger partial charge is 0.206 e. The summed E-state index contributed by atoms with van der Waals surface area (Å²) in [7, 11) is 0. The molecule has 1 unspecified atom stereocenters. The van der Waals surface area contributed by atoms with Crippen LogP contribution >= 0.6 is 11.6 Å². The Morgan fingerprint density at radius 3 is 1.64 bits per heavy atom. The Balaban J connectivity index is 1.21. The molecule has 2 aromatic rings. The fourth-order valence-electron chi connectivity index (χ4n) is 6.97. The summed E-state index contributed by atoms with van der Waals surface area (Å²) < 4.78 is 58.0. The second kappa shape index (κ2) is 10.9. The quantitative estimate of drug-likeness (QED) is 0.279. The van der Waals surface area contributed by atoms with E-state index in [9.17, 15) is 8.78 Å². The molecule has 1 atom stereocenters. The molecule has 0 amide bonds. The summed E-state index contributed by atoms with van der Waals surface area (Å²) in [6.07, 6.45) is 12.5. The van der Waals surface area contributed by atoms with E-state index in [4.69, 9.17) is 11.6 Å². The summed E-state index contributed by atoms with van der Waals surface area (Å²) in [5, 5.41) is -0.441. The predicted octanol–water partition coefficient (Wildman–Crippen LogP) is 10.3. The van der Waals surface area contributed by atoms with Crippen molar-refractivity contribution in [1.82, 2.24) is 0 Å². The molecule has 2 fully saturated rings. The van der Waals surface area contributed by atoms with Crippen LogP contribution in [0.4, 0.5) is 17.6 Å². The van der Waals surface area contributed by atoms with Gasteiger partial charge in [-0.1, -0.05) is 37.4 Å². The number of benzene rings is 2. The van der Waals surface area contributed by atoms with Crippen LogP contribution in [0.5, 0.6) is 0 Å². The van der Waals surface area contributed by atoms with Crippen molar-refractivity contribution >= 4 is 17.2 Å². The summed E-state index contributed by atoms with van der Waals surface area (Å²) >= 11 is 5.63. The van der Waals surface area contributed by atoms with Gasteiger partial charge in [0.1, 0.15) is 28.3 Å². The van der Waals surface area contributed by atoms with Crippen molar-refractivity contribution in [3.63, 3.8) is 0 Å². The Hall–Kier alpha value is -1.81. The van der Waals surface area contributed by atoms with Crippen LogP contribution in [0.15, 0.2) is 30.3 Å². The van der Waals surface area contributed by atoms with Crippen molar-refractivity contribution in [2.75, 3.05) is 0 Å². The van der Waals surface area contributed by atoms with E-state index in [1.165, 1.54) is 12.1 Å². The van der Waals surface area contributed by atoms with Crippen LogP contribution in [-0.2, 0) is 0 Å². The van der Waals surface area contributed by atoms with E-state index >= 15 is 8.78 Å². The van der Waals surface area contributed by atoms with Crippen molar-refractivity contribution in [2.45, 2.75) is 89.4 Å². The van der Waals surface area contributed by atoms with E-state index < -0.39 is 28.3 Å². The molecule has 0 aliphatic heterocycles. The molecular weight excluding hydrogens is 484 g/mol. The van der Waals surface area contributed by atoms with Gasteiger partial charge in [0.2, 0.25) is 0 Å². The summed E-state index contributed by atoms with van der Waals surface area (Å²) in [6, 6.07) is 5.90. The van der Waals surface area contributed by atoms with Gasteiger partial charge in [-0.2, -0.15) is 0 Å². The first kappa shape index (κ1) is 25.8. The minimum absolute atomic E-state index is 0.145. The molecule has 5 heteroatoms. The zero-order valence-electron chi connectivity index (χ0n) is 20.9. The lowest BCUT2D eigenvalue weighted by molar-refractivity contribution is 0.220. The van der Waals surface area contributed by atoms with Gasteiger partial charge in [0.05, 0.1) is 0 Å². The SMILES string of the molecule is CC1CCC(c2cc(F)c(C3=CCC(C4CCC(c5cc(F)c(Cl)c(F)c5)CC4)CC3)c(F)c2)CC1. The highest BCUT2D eigenvalue weighted by atomic mass is 35.5. The van der Waals surface area contributed by atoms with E-state index in [2.05, 4.69) is 6.92 Å². The lowest BCUT2D eigenvalue weighted by Crippen LogP contribution is -2.23. The average Bonchev–Trinajstić information content (AvgIpc) is 2.87. The normalized spacial score (nSPS) is 29.2. The van der Waals surface area contributed by atoms with Crippen molar-refractivity contribution in [2.24, 2.45) is 17.8 Å². The molecule has 3 aliphatic rings. The molecule has 0 bridgehead atoms. The molecule has 0 N–H and O–H groups in total. The van der Waals surface area contributed by atoms with Crippen LogP contribution in [0.3, 0.4) is 0 Å². The standard InChI is InChI=1S/C31H35ClF4/c1-18-2-4-21(5-3-18)24-14-26(33)30(27(34)15-24)23-12-10-20(11-13-23)19-6-8-22(9-7-19)25-16-28(35)31(32)29(36)17-25/h12,14-22H,2-11,13H2,1H3. The minimum atomic E-state index is -0.695. The Bertz CT molecular complexity index is 1080. The zero-order chi connectivity index (χ0) is 25.4. The first-order chi connectivity index (χ1) is 17.3. The fraction of sp³-hybridized carbons (Fsp3) is 0.548. The third kappa shape index (κ3) is 5.39. The van der Waals surface area contributed by atoms with E-state index in [1.807, 2.05) is 6.08 Å². The highest BCUT2D eigenvalue weighted by Crippen LogP contribution is 2.45. The first-order valence-electron chi connectivity index (χ1n) is 13.6. The summed E-state index contributed by atoms with van der Waals surface area (Å²) in [5.74, 6) is -0.0956. The van der Waals surface area contributed by atoms with Crippen LogP contribution in [0.25, 0.3) is 5.57 Å². The molecule has 0 aromatic heterocycles. The van der Waals surface area contributed by atoms with Crippen molar-refractivity contribution in [3.05, 3.63) is 75.3 Å². The second-order valence-corrected chi connectivity index (χ2v) is 11.9. The van der Waals surface area contributed by atoms with Gasteiger partial charge in [0.25, 0.3) is 0 Å². The maximum absolute atomic E-state index is 15.1. The Kier molecular flexibility index (Phi) is 7.81. The lowest BCUT2D eigenvalue weighted by atomic mass is 9.70. The minimum Gasteiger partial charge on any atom is -0.206 e.